The predicted octanol–water partition coefficient (Wildman–Crippen LogP) is 6.19. The van der Waals surface area contributed by atoms with Crippen LogP contribution in [0.2, 0.25) is 0 Å². The lowest BCUT2D eigenvalue weighted by molar-refractivity contribution is 0.616. The molecule has 0 amide bonds. The third-order valence-electron chi connectivity index (χ3n) is 4.06. The van der Waals surface area contributed by atoms with Gasteiger partial charge in [0.2, 0.25) is 5.89 Å². The second-order valence-corrected chi connectivity index (χ2v) is 7.51. The Kier molecular flexibility index (Phi) is 4.36. The van der Waals surface area contributed by atoms with Crippen LogP contribution in [-0.4, -0.2) is 4.98 Å². The van der Waals surface area contributed by atoms with Crippen LogP contribution in [0.4, 0.5) is 5.69 Å². The second-order valence-electron chi connectivity index (χ2n) is 5.80. The number of hydrogen-bond donors (Lipinski definition) is 1. The molecule has 124 valence electrons. The van der Waals surface area contributed by atoms with Crippen LogP contribution in [0.15, 0.2) is 74.0 Å². The summed E-state index contributed by atoms with van der Waals surface area (Å²) in [4.78, 5) is 4.65. The average molecular weight is 458 g/mol. The summed E-state index contributed by atoms with van der Waals surface area (Å²) in [6.45, 7) is 0. The van der Waals surface area contributed by atoms with Gasteiger partial charge < -0.3 is 10.2 Å². The van der Waals surface area contributed by atoms with Crippen LogP contribution in [0.3, 0.4) is 0 Å². The van der Waals surface area contributed by atoms with Crippen molar-refractivity contribution in [2.24, 2.45) is 0 Å². The first-order valence-corrected chi connectivity index (χ1v) is 9.37. The Morgan fingerprint density at radius 1 is 0.920 bits per heavy atom. The Balaban J connectivity index is 1.79. The van der Waals surface area contributed by atoms with Crippen LogP contribution >= 0.6 is 31.9 Å². The number of hydrogen-bond acceptors (Lipinski definition) is 3. The molecule has 4 aromatic rings. The largest absolute Gasteiger partial charge is 0.436 e. The Labute approximate surface area is 162 Å². The number of rotatable bonds is 3. The molecule has 0 saturated heterocycles. The molecule has 5 heteroatoms. The minimum absolute atomic E-state index is 0.580. The van der Waals surface area contributed by atoms with E-state index in [1.807, 2.05) is 42.5 Å². The molecule has 0 aliphatic rings. The standard InChI is InChI=1S/C20H14Br2N2O/c21-15-10-14(11-16(22)18(15)23)20-24-17-8-4-7-13(19(17)25-20)9-12-5-2-1-3-6-12/h1-8,10-11H,9,23H2. The zero-order valence-electron chi connectivity index (χ0n) is 13.2. The van der Waals surface area contributed by atoms with Crippen molar-refractivity contribution < 1.29 is 4.42 Å². The van der Waals surface area contributed by atoms with Crippen molar-refractivity contribution in [3.8, 4) is 11.5 Å². The Hall–Kier alpha value is -2.11. The molecular formula is C20H14Br2N2O. The monoisotopic (exact) mass is 456 g/mol. The van der Waals surface area contributed by atoms with Crippen molar-refractivity contribution >= 4 is 48.6 Å². The van der Waals surface area contributed by atoms with Crippen LogP contribution < -0.4 is 5.73 Å². The van der Waals surface area contributed by atoms with Gasteiger partial charge in [0.05, 0.1) is 5.69 Å². The van der Waals surface area contributed by atoms with E-state index in [1.54, 1.807) is 0 Å². The van der Waals surface area contributed by atoms with Crippen LogP contribution in [0.25, 0.3) is 22.6 Å². The van der Waals surface area contributed by atoms with E-state index >= 15 is 0 Å². The number of anilines is 1. The maximum Gasteiger partial charge on any atom is 0.227 e. The molecule has 4 rings (SSSR count). The van der Waals surface area contributed by atoms with E-state index < -0.39 is 0 Å². The lowest BCUT2D eigenvalue weighted by atomic mass is 10.0. The van der Waals surface area contributed by atoms with E-state index in [0.29, 0.717) is 11.6 Å². The number of halogens is 2. The third kappa shape index (κ3) is 3.22. The molecule has 0 bridgehead atoms. The lowest BCUT2D eigenvalue weighted by Gasteiger charge is -2.04. The van der Waals surface area contributed by atoms with Crippen LogP contribution in [-0.2, 0) is 6.42 Å². The molecule has 0 aliphatic carbocycles. The molecule has 3 aromatic carbocycles. The maximum atomic E-state index is 6.11. The van der Waals surface area contributed by atoms with Gasteiger partial charge in [-0.15, -0.1) is 0 Å². The molecule has 0 aliphatic heterocycles. The highest BCUT2D eigenvalue weighted by molar-refractivity contribution is 9.11. The van der Waals surface area contributed by atoms with Gasteiger partial charge in [-0.25, -0.2) is 4.98 Å². The molecule has 3 nitrogen and oxygen atoms in total. The van der Waals surface area contributed by atoms with Gasteiger partial charge in [-0.3, -0.25) is 0 Å². The molecule has 0 radical (unpaired) electrons. The van der Waals surface area contributed by atoms with Gasteiger partial charge in [-0.2, -0.15) is 0 Å². The summed E-state index contributed by atoms with van der Waals surface area (Å²) in [7, 11) is 0. The summed E-state index contributed by atoms with van der Waals surface area (Å²) in [6.07, 6.45) is 0.807. The highest BCUT2D eigenvalue weighted by Gasteiger charge is 2.14. The van der Waals surface area contributed by atoms with Gasteiger partial charge in [-0.1, -0.05) is 42.5 Å². The second kappa shape index (κ2) is 6.65. The SMILES string of the molecule is Nc1c(Br)cc(-c2nc3cccc(Cc4ccccc4)c3o2)cc1Br. The van der Waals surface area contributed by atoms with Gasteiger partial charge in [0.15, 0.2) is 5.58 Å². The van der Waals surface area contributed by atoms with E-state index in [0.717, 1.165) is 37.6 Å². The van der Waals surface area contributed by atoms with Gasteiger partial charge >= 0.3 is 0 Å². The van der Waals surface area contributed by atoms with Crippen LogP contribution in [0.1, 0.15) is 11.1 Å². The Morgan fingerprint density at radius 2 is 1.64 bits per heavy atom. The molecule has 25 heavy (non-hydrogen) atoms. The molecule has 1 aromatic heterocycles. The minimum Gasteiger partial charge on any atom is -0.436 e. The van der Waals surface area contributed by atoms with Crippen molar-refractivity contribution in [1.82, 2.24) is 4.98 Å². The Morgan fingerprint density at radius 3 is 2.36 bits per heavy atom. The van der Waals surface area contributed by atoms with Gasteiger partial charge in [0.25, 0.3) is 0 Å². The third-order valence-corrected chi connectivity index (χ3v) is 5.37. The fourth-order valence-corrected chi connectivity index (χ4v) is 3.98. The zero-order chi connectivity index (χ0) is 17.4. The lowest BCUT2D eigenvalue weighted by Crippen LogP contribution is -1.89. The smallest absolute Gasteiger partial charge is 0.227 e. The van der Waals surface area contributed by atoms with Crippen molar-refractivity contribution in [1.29, 1.82) is 0 Å². The van der Waals surface area contributed by atoms with Crippen LogP contribution in [0.5, 0.6) is 0 Å². The zero-order valence-corrected chi connectivity index (χ0v) is 16.3. The number of aromatic nitrogens is 1. The first-order valence-electron chi connectivity index (χ1n) is 7.79. The number of oxazole rings is 1. The van der Waals surface area contributed by atoms with Crippen molar-refractivity contribution in [2.45, 2.75) is 6.42 Å². The highest BCUT2D eigenvalue weighted by Crippen LogP contribution is 2.35. The summed E-state index contributed by atoms with van der Waals surface area (Å²) in [5, 5.41) is 0. The van der Waals surface area contributed by atoms with E-state index in [4.69, 9.17) is 10.2 Å². The van der Waals surface area contributed by atoms with Crippen molar-refractivity contribution in [3.05, 3.63) is 80.7 Å². The first kappa shape index (κ1) is 16.4. The summed E-state index contributed by atoms with van der Waals surface area (Å²) in [6, 6.07) is 20.2. The summed E-state index contributed by atoms with van der Waals surface area (Å²) >= 11 is 6.94. The molecular weight excluding hydrogens is 444 g/mol. The molecule has 1 heterocycles. The van der Waals surface area contributed by atoms with Gasteiger partial charge in [0.1, 0.15) is 5.52 Å². The molecule has 0 spiro atoms. The molecule has 0 saturated carbocycles. The first-order chi connectivity index (χ1) is 12.1. The number of nitrogens with two attached hydrogens (primary N) is 1. The highest BCUT2D eigenvalue weighted by atomic mass is 79.9. The minimum atomic E-state index is 0.580. The van der Waals surface area contributed by atoms with Crippen LogP contribution in [0, 0.1) is 0 Å². The van der Waals surface area contributed by atoms with E-state index in [2.05, 4.69) is 55.0 Å². The van der Waals surface area contributed by atoms with Crippen molar-refractivity contribution in [3.63, 3.8) is 0 Å². The van der Waals surface area contributed by atoms with Gasteiger partial charge in [0, 0.05) is 26.5 Å². The molecule has 0 atom stereocenters. The Bertz CT molecular complexity index is 1030. The number of fused-ring (bicyclic) bond motifs is 1. The topological polar surface area (TPSA) is 52.0 Å². The quantitative estimate of drug-likeness (QED) is 0.373. The van der Waals surface area contributed by atoms with E-state index in [9.17, 15) is 0 Å². The summed E-state index contributed by atoms with van der Waals surface area (Å²) in [5.41, 5.74) is 11.5. The van der Waals surface area contributed by atoms with E-state index in [-0.39, 0.29) is 0 Å². The fraction of sp³-hybridized carbons (Fsp3) is 0.0500. The molecule has 0 unspecified atom stereocenters. The van der Waals surface area contributed by atoms with Crippen molar-refractivity contribution in [2.75, 3.05) is 5.73 Å². The summed E-state index contributed by atoms with van der Waals surface area (Å²) in [5.74, 6) is 0.580. The summed E-state index contributed by atoms with van der Waals surface area (Å²) < 4.78 is 7.73. The molecule has 2 N–H and O–H groups in total. The van der Waals surface area contributed by atoms with Gasteiger partial charge in [-0.05, 0) is 55.6 Å². The number of nitrogen functional groups attached to an aromatic ring is 1. The van der Waals surface area contributed by atoms with E-state index in [1.165, 1.54) is 5.56 Å². The fourth-order valence-electron chi connectivity index (χ4n) is 2.79. The maximum absolute atomic E-state index is 6.11. The average Bonchev–Trinajstić information content (AvgIpc) is 3.05. The number of benzene rings is 3. The predicted molar refractivity (Wildman–Crippen MR) is 109 cm³/mol. The normalized spacial score (nSPS) is 11.1. The number of nitrogens with zero attached hydrogens (tertiary/aromatic N) is 1. The number of para-hydroxylation sites is 1. The molecule has 0 fully saturated rings.